The Balaban J connectivity index is 0.000000181. The Kier molecular flexibility index (Phi) is 13.3. The van der Waals surface area contributed by atoms with Crippen molar-refractivity contribution in [3.63, 3.8) is 0 Å². The number of nitrogens with zero attached hydrogens (tertiary/aromatic N) is 2. The lowest BCUT2D eigenvalue weighted by atomic mass is 9.92. The number of carbonyl (C=O) groups excluding carboxylic acids is 2. The molecule has 14 heteroatoms. The van der Waals surface area contributed by atoms with E-state index in [0.29, 0.717) is 34.1 Å². The molecule has 6 aromatic rings. The average Bonchev–Trinajstić information content (AvgIpc) is 3.91. The molecule has 2 amide bonds. The Morgan fingerprint density at radius 3 is 1.65 bits per heavy atom. The third-order valence-electron chi connectivity index (χ3n) is 10.8. The summed E-state index contributed by atoms with van der Waals surface area (Å²) >= 11 is 1.47. The molecule has 10 N–H and O–H groups in total. The monoisotopic (exact) mass is 830 g/mol. The van der Waals surface area contributed by atoms with E-state index in [1.54, 1.807) is 60.7 Å². The summed E-state index contributed by atoms with van der Waals surface area (Å²) in [6.07, 6.45) is 9.63. The molecule has 0 atom stereocenters. The van der Waals surface area contributed by atoms with Gasteiger partial charge in [-0.2, -0.15) is 0 Å². The van der Waals surface area contributed by atoms with Crippen LogP contribution in [0.5, 0.6) is 23.1 Å². The first kappa shape index (κ1) is 41.8. The fourth-order valence-electron chi connectivity index (χ4n) is 7.55. The van der Waals surface area contributed by atoms with Crippen molar-refractivity contribution in [3.8, 4) is 34.5 Å². The van der Waals surface area contributed by atoms with Crippen LogP contribution >= 0.6 is 11.8 Å². The first-order chi connectivity index (χ1) is 29.0. The van der Waals surface area contributed by atoms with Gasteiger partial charge in [0.1, 0.15) is 5.75 Å². The Bertz CT molecular complexity index is 2250. The number of aliphatic hydroxyl groups excluding tert-OH is 2. The first-order valence-electron chi connectivity index (χ1n) is 20.1. The molecule has 2 fully saturated rings. The van der Waals surface area contributed by atoms with Crippen molar-refractivity contribution < 1.29 is 34.8 Å². The zero-order valence-electron chi connectivity index (χ0n) is 33.0. The highest BCUT2D eigenvalue weighted by molar-refractivity contribution is 7.99. The maximum Gasteiger partial charge on any atom is 0.250 e. The van der Waals surface area contributed by atoms with Gasteiger partial charge in [0, 0.05) is 47.6 Å². The van der Waals surface area contributed by atoms with Crippen molar-refractivity contribution in [2.45, 2.75) is 85.6 Å². The normalized spacial score (nSPS) is 18.8. The second-order valence-corrected chi connectivity index (χ2v) is 16.1. The maximum absolute atomic E-state index is 12.0. The van der Waals surface area contributed by atoms with Crippen LogP contribution < -0.4 is 26.8 Å². The summed E-state index contributed by atoms with van der Waals surface area (Å²) in [5, 5.41) is 47.4. The minimum Gasteiger partial charge on any atom is -0.507 e. The number of aromatic hydroxyl groups is 2. The molecule has 0 unspecified atom stereocenters. The Labute approximate surface area is 352 Å². The number of primary amides is 2. The number of aliphatic hydroxyl groups is 2. The van der Waals surface area contributed by atoms with E-state index in [0.717, 1.165) is 72.7 Å². The molecule has 2 aromatic heterocycles. The number of phenols is 2. The van der Waals surface area contributed by atoms with Gasteiger partial charge in [0.15, 0.2) is 11.5 Å². The fourth-order valence-corrected chi connectivity index (χ4v) is 8.50. The number of ether oxygens (including phenoxy) is 1. The van der Waals surface area contributed by atoms with Gasteiger partial charge < -0.3 is 51.8 Å². The minimum absolute atomic E-state index is 0.0520. The standard InChI is InChI=1S/C23H25N3O4.C23H25N3O3S/c2*24-23(29)18-12-9-16(14-19(18)25-15-7-10-17(27)11-8-15)26-13-3-6-22(26)30-21-5-2-1-4-20(21)28/h2*1-6,9,12-15,17,25,27-28H,7-8,10-11H2,(H2,24,29). The Hall–Kier alpha value is -6.35. The van der Waals surface area contributed by atoms with Gasteiger partial charge in [-0.15, -0.1) is 0 Å². The number of para-hydroxylation sites is 3. The molecule has 0 radical (unpaired) electrons. The van der Waals surface area contributed by atoms with Crippen LogP contribution in [0.2, 0.25) is 0 Å². The van der Waals surface area contributed by atoms with E-state index in [2.05, 4.69) is 10.6 Å². The van der Waals surface area contributed by atoms with Gasteiger partial charge >= 0.3 is 0 Å². The Morgan fingerprint density at radius 2 is 1.10 bits per heavy atom. The maximum atomic E-state index is 12.0. The highest BCUT2D eigenvalue weighted by Crippen LogP contribution is 2.37. The number of benzene rings is 4. The Morgan fingerprint density at radius 1 is 0.600 bits per heavy atom. The molecule has 0 saturated heterocycles. The van der Waals surface area contributed by atoms with Gasteiger partial charge in [-0.05, 0) is 130 Å². The van der Waals surface area contributed by atoms with Crippen molar-refractivity contribution in [2.75, 3.05) is 10.6 Å². The van der Waals surface area contributed by atoms with E-state index in [-0.39, 0.29) is 35.8 Å². The largest absolute Gasteiger partial charge is 0.507 e. The van der Waals surface area contributed by atoms with Gasteiger partial charge in [-0.25, -0.2) is 0 Å². The molecule has 0 spiro atoms. The smallest absolute Gasteiger partial charge is 0.250 e. The van der Waals surface area contributed by atoms with E-state index < -0.39 is 11.8 Å². The van der Waals surface area contributed by atoms with Crippen LogP contribution in [0, 0.1) is 0 Å². The van der Waals surface area contributed by atoms with Gasteiger partial charge in [0.2, 0.25) is 5.88 Å². The molecule has 8 rings (SSSR count). The second-order valence-electron chi connectivity index (χ2n) is 15.1. The lowest BCUT2D eigenvalue weighted by Crippen LogP contribution is -2.29. The number of hydrogen-bond acceptors (Lipinski definition) is 10. The molecule has 312 valence electrons. The summed E-state index contributed by atoms with van der Waals surface area (Å²) in [4.78, 5) is 24.7. The third-order valence-corrected chi connectivity index (χ3v) is 11.9. The van der Waals surface area contributed by atoms with Gasteiger partial charge in [-0.1, -0.05) is 36.0 Å². The van der Waals surface area contributed by atoms with Crippen LogP contribution in [0.15, 0.2) is 132 Å². The number of aromatic nitrogens is 2. The molecule has 2 saturated carbocycles. The summed E-state index contributed by atoms with van der Waals surface area (Å²) in [7, 11) is 0. The van der Waals surface area contributed by atoms with E-state index in [1.807, 2.05) is 70.1 Å². The average molecular weight is 831 g/mol. The number of carbonyl (C=O) groups is 2. The molecular formula is C46H50N6O7S. The third kappa shape index (κ3) is 10.3. The van der Waals surface area contributed by atoms with Gasteiger partial charge in [0.25, 0.3) is 11.8 Å². The summed E-state index contributed by atoms with van der Waals surface area (Å²) in [6.45, 7) is 0. The first-order valence-corrected chi connectivity index (χ1v) is 20.9. The number of nitrogens with one attached hydrogen (secondary N) is 2. The fraction of sp³-hybridized carbons (Fsp3) is 0.261. The quantitative estimate of drug-likeness (QED) is 0.0597. The molecular weight excluding hydrogens is 781 g/mol. The SMILES string of the molecule is NC(=O)c1ccc(-n2cccc2Oc2ccccc2O)cc1NC1CCC(O)CC1.NC(=O)c1ccc(-n2cccc2Sc2ccccc2O)cc1NC1CCC(O)CC1. The molecule has 4 aromatic carbocycles. The number of phenolic OH excluding ortho intramolecular Hbond substituents is 2. The van der Waals surface area contributed by atoms with Gasteiger partial charge in [0.05, 0.1) is 38.9 Å². The van der Waals surface area contributed by atoms with Crippen LogP contribution in [0.1, 0.15) is 72.1 Å². The summed E-state index contributed by atoms with van der Waals surface area (Å²) < 4.78 is 9.73. The van der Waals surface area contributed by atoms with Crippen molar-refractivity contribution in [1.29, 1.82) is 0 Å². The van der Waals surface area contributed by atoms with Crippen molar-refractivity contribution in [1.82, 2.24) is 9.13 Å². The molecule has 0 aliphatic heterocycles. The van der Waals surface area contributed by atoms with E-state index in [1.165, 1.54) is 11.8 Å². The van der Waals surface area contributed by atoms with Gasteiger partial charge in [-0.3, -0.25) is 14.2 Å². The summed E-state index contributed by atoms with van der Waals surface area (Å²) in [6, 6.07) is 32.8. The number of anilines is 2. The highest BCUT2D eigenvalue weighted by Gasteiger charge is 2.23. The van der Waals surface area contributed by atoms with Crippen molar-refractivity contribution in [2.24, 2.45) is 11.5 Å². The predicted molar refractivity (Wildman–Crippen MR) is 233 cm³/mol. The lowest BCUT2D eigenvalue weighted by Gasteiger charge is -2.28. The molecule has 2 aliphatic carbocycles. The van der Waals surface area contributed by atoms with Crippen LogP contribution in [0.4, 0.5) is 11.4 Å². The second kappa shape index (κ2) is 19.1. The summed E-state index contributed by atoms with van der Waals surface area (Å²) in [5.74, 6) is 0.187. The summed E-state index contributed by atoms with van der Waals surface area (Å²) in [5.41, 5.74) is 15.1. The van der Waals surface area contributed by atoms with Crippen molar-refractivity contribution >= 4 is 35.0 Å². The topological polar surface area (TPSA) is 210 Å². The minimum atomic E-state index is -0.502. The number of amides is 2. The van der Waals surface area contributed by atoms with E-state index >= 15 is 0 Å². The van der Waals surface area contributed by atoms with Crippen LogP contribution in [0.25, 0.3) is 11.4 Å². The zero-order valence-corrected chi connectivity index (χ0v) is 33.8. The number of hydrogen-bond donors (Lipinski definition) is 8. The van der Waals surface area contributed by atoms with Crippen LogP contribution in [-0.2, 0) is 0 Å². The molecule has 2 aliphatic rings. The number of rotatable bonds is 12. The van der Waals surface area contributed by atoms with Crippen molar-refractivity contribution in [3.05, 3.63) is 133 Å². The van der Waals surface area contributed by atoms with Crippen LogP contribution in [0.3, 0.4) is 0 Å². The van der Waals surface area contributed by atoms with E-state index in [9.17, 15) is 30.0 Å². The number of nitrogens with two attached hydrogens (primary N) is 2. The lowest BCUT2D eigenvalue weighted by molar-refractivity contribution is 0.0992. The zero-order chi connectivity index (χ0) is 42.2. The van der Waals surface area contributed by atoms with Crippen LogP contribution in [-0.4, -0.2) is 65.7 Å². The molecule has 60 heavy (non-hydrogen) atoms. The molecule has 0 bridgehead atoms. The highest BCUT2D eigenvalue weighted by atomic mass is 32.2. The predicted octanol–water partition coefficient (Wildman–Crippen LogP) is 7.94. The molecule has 13 nitrogen and oxygen atoms in total. The molecule has 2 heterocycles. The van der Waals surface area contributed by atoms with E-state index in [4.69, 9.17) is 16.2 Å².